The summed E-state index contributed by atoms with van der Waals surface area (Å²) in [7, 11) is 0. The number of carbonyl (C=O) groups is 1. The van der Waals surface area contributed by atoms with Crippen LogP contribution in [0, 0.1) is 0 Å². The van der Waals surface area contributed by atoms with Gasteiger partial charge in [0.05, 0.1) is 0 Å². The predicted octanol–water partition coefficient (Wildman–Crippen LogP) is 2.72. The number of carboxylic acid groups (broad SMARTS) is 1. The van der Waals surface area contributed by atoms with Crippen LogP contribution in [0.4, 0.5) is 0 Å². The first-order valence-electron chi connectivity index (χ1n) is 6.04. The molecular weight excluding hydrogens is 289 g/mol. The van der Waals surface area contributed by atoms with E-state index in [0.29, 0.717) is 42.6 Å². The summed E-state index contributed by atoms with van der Waals surface area (Å²) in [4.78, 5) is 11.5. The molecule has 19 heavy (non-hydrogen) atoms. The molecule has 104 valence electrons. The van der Waals surface area contributed by atoms with Gasteiger partial charge >= 0.3 is 5.97 Å². The molecule has 0 atom stereocenters. The third kappa shape index (κ3) is 3.39. The van der Waals surface area contributed by atoms with Crippen molar-refractivity contribution in [1.29, 1.82) is 0 Å². The standard InChI is InChI=1S/C13H15Cl2NO3/c14-10-2-1-9(11(15)7-10)8-16-13(12(17)18)3-5-19-6-4-13/h1-2,7,16H,3-6,8H2,(H,17,18). The first-order chi connectivity index (χ1) is 9.03. The molecular formula is C13H15Cl2NO3. The fourth-order valence-electron chi connectivity index (χ4n) is 2.12. The van der Waals surface area contributed by atoms with Gasteiger partial charge in [-0.1, -0.05) is 29.3 Å². The third-order valence-corrected chi connectivity index (χ3v) is 3.98. The summed E-state index contributed by atoms with van der Waals surface area (Å²) in [5.74, 6) is -0.846. The van der Waals surface area contributed by atoms with Crippen LogP contribution in [-0.2, 0) is 16.1 Å². The normalized spacial score (nSPS) is 18.2. The molecule has 1 heterocycles. The Labute approximate surface area is 121 Å². The highest BCUT2D eigenvalue weighted by Crippen LogP contribution is 2.25. The van der Waals surface area contributed by atoms with E-state index in [0.717, 1.165) is 5.56 Å². The molecule has 1 aromatic carbocycles. The van der Waals surface area contributed by atoms with Crippen molar-refractivity contribution in [2.45, 2.75) is 24.9 Å². The molecule has 0 aliphatic carbocycles. The maximum Gasteiger partial charge on any atom is 0.324 e. The predicted molar refractivity (Wildman–Crippen MR) is 73.7 cm³/mol. The minimum absolute atomic E-state index is 0.391. The van der Waals surface area contributed by atoms with E-state index >= 15 is 0 Å². The van der Waals surface area contributed by atoms with E-state index in [2.05, 4.69) is 5.32 Å². The van der Waals surface area contributed by atoms with Crippen LogP contribution in [0.5, 0.6) is 0 Å². The number of carboxylic acids is 1. The van der Waals surface area contributed by atoms with Crippen LogP contribution in [0.1, 0.15) is 18.4 Å². The second-order valence-electron chi connectivity index (χ2n) is 4.59. The van der Waals surface area contributed by atoms with Crippen molar-refractivity contribution >= 4 is 29.2 Å². The smallest absolute Gasteiger partial charge is 0.324 e. The lowest BCUT2D eigenvalue weighted by atomic mass is 9.90. The second-order valence-corrected chi connectivity index (χ2v) is 5.43. The summed E-state index contributed by atoms with van der Waals surface area (Å²) in [5.41, 5.74) is -0.0977. The first-order valence-corrected chi connectivity index (χ1v) is 6.79. The third-order valence-electron chi connectivity index (χ3n) is 3.39. The molecule has 0 radical (unpaired) electrons. The fourth-order valence-corrected chi connectivity index (χ4v) is 2.59. The van der Waals surface area contributed by atoms with Gasteiger partial charge in [0.15, 0.2) is 0 Å². The number of hydrogen-bond acceptors (Lipinski definition) is 3. The molecule has 1 aliphatic heterocycles. The van der Waals surface area contributed by atoms with E-state index in [4.69, 9.17) is 27.9 Å². The maximum atomic E-state index is 11.5. The van der Waals surface area contributed by atoms with Gasteiger partial charge in [-0.3, -0.25) is 10.1 Å². The van der Waals surface area contributed by atoms with E-state index in [1.54, 1.807) is 18.2 Å². The number of hydrogen-bond donors (Lipinski definition) is 2. The highest BCUT2D eigenvalue weighted by Gasteiger charge is 2.39. The lowest BCUT2D eigenvalue weighted by molar-refractivity contribution is -0.149. The molecule has 2 N–H and O–H groups in total. The Bertz CT molecular complexity index is 473. The van der Waals surface area contributed by atoms with Gasteiger partial charge in [-0.25, -0.2) is 0 Å². The molecule has 1 saturated heterocycles. The summed E-state index contributed by atoms with van der Waals surface area (Å²) in [6, 6.07) is 5.19. The Morgan fingerprint density at radius 2 is 2.05 bits per heavy atom. The van der Waals surface area contributed by atoms with E-state index in [-0.39, 0.29) is 0 Å². The van der Waals surface area contributed by atoms with Crippen LogP contribution < -0.4 is 5.32 Å². The van der Waals surface area contributed by atoms with E-state index in [9.17, 15) is 9.90 Å². The number of benzene rings is 1. The largest absolute Gasteiger partial charge is 0.480 e. The van der Waals surface area contributed by atoms with Crippen LogP contribution in [0.15, 0.2) is 18.2 Å². The second kappa shape index (κ2) is 6.09. The number of nitrogens with one attached hydrogen (secondary N) is 1. The number of rotatable bonds is 4. The van der Waals surface area contributed by atoms with Gasteiger partial charge in [0.2, 0.25) is 0 Å². The van der Waals surface area contributed by atoms with E-state index in [1.165, 1.54) is 0 Å². The molecule has 1 aromatic rings. The molecule has 0 saturated carbocycles. The average Bonchev–Trinajstić information content (AvgIpc) is 2.38. The first kappa shape index (κ1) is 14.6. The van der Waals surface area contributed by atoms with Crippen LogP contribution in [0.2, 0.25) is 10.0 Å². The van der Waals surface area contributed by atoms with Crippen molar-refractivity contribution in [3.8, 4) is 0 Å². The monoisotopic (exact) mass is 303 g/mol. The van der Waals surface area contributed by atoms with Crippen LogP contribution >= 0.6 is 23.2 Å². The Kier molecular flexibility index (Phi) is 4.68. The van der Waals surface area contributed by atoms with Crippen LogP contribution in [-0.4, -0.2) is 29.8 Å². The number of ether oxygens (including phenoxy) is 1. The zero-order chi connectivity index (χ0) is 13.9. The van der Waals surface area contributed by atoms with Gasteiger partial charge in [0.25, 0.3) is 0 Å². The highest BCUT2D eigenvalue weighted by molar-refractivity contribution is 6.35. The molecule has 1 fully saturated rings. The van der Waals surface area contributed by atoms with E-state index in [1.807, 2.05) is 0 Å². The molecule has 0 unspecified atom stereocenters. The van der Waals surface area contributed by atoms with Gasteiger partial charge in [0.1, 0.15) is 5.54 Å². The number of halogens is 2. The molecule has 1 aliphatic rings. The summed E-state index contributed by atoms with van der Waals surface area (Å²) in [6.45, 7) is 1.30. The van der Waals surface area contributed by atoms with Crippen molar-refractivity contribution in [2.75, 3.05) is 13.2 Å². The Balaban J connectivity index is 2.08. The number of aliphatic carboxylic acids is 1. The van der Waals surface area contributed by atoms with Gasteiger partial charge in [-0.05, 0) is 30.5 Å². The van der Waals surface area contributed by atoms with Gasteiger partial charge in [0, 0.05) is 29.8 Å². The Morgan fingerprint density at radius 1 is 1.37 bits per heavy atom. The summed E-state index contributed by atoms with van der Waals surface area (Å²) in [5, 5.41) is 13.6. The molecule has 2 rings (SSSR count). The van der Waals surface area contributed by atoms with Crippen molar-refractivity contribution in [3.63, 3.8) is 0 Å². The zero-order valence-electron chi connectivity index (χ0n) is 10.3. The molecule has 0 aromatic heterocycles. The highest BCUT2D eigenvalue weighted by atomic mass is 35.5. The van der Waals surface area contributed by atoms with Crippen molar-refractivity contribution in [3.05, 3.63) is 33.8 Å². The minimum Gasteiger partial charge on any atom is -0.480 e. The lowest BCUT2D eigenvalue weighted by Crippen LogP contribution is -2.55. The molecule has 0 spiro atoms. The molecule has 6 heteroatoms. The van der Waals surface area contributed by atoms with Crippen LogP contribution in [0.25, 0.3) is 0 Å². The topological polar surface area (TPSA) is 58.6 Å². The van der Waals surface area contributed by atoms with Crippen molar-refractivity contribution < 1.29 is 14.6 Å². The zero-order valence-corrected chi connectivity index (χ0v) is 11.8. The molecule has 4 nitrogen and oxygen atoms in total. The minimum atomic E-state index is -0.929. The lowest BCUT2D eigenvalue weighted by Gasteiger charge is -2.34. The SMILES string of the molecule is O=C(O)C1(NCc2ccc(Cl)cc2Cl)CCOCC1. The van der Waals surface area contributed by atoms with E-state index < -0.39 is 11.5 Å². The molecule has 0 amide bonds. The fraction of sp³-hybridized carbons (Fsp3) is 0.462. The van der Waals surface area contributed by atoms with Gasteiger partial charge < -0.3 is 9.84 Å². The summed E-state index contributed by atoms with van der Waals surface area (Å²) in [6.07, 6.45) is 0.904. The quantitative estimate of drug-likeness (QED) is 0.898. The van der Waals surface area contributed by atoms with Crippen LogP contribution in [0.3, 0.4) is 0 Å². The van der Waals surface area contributed by atoms with Crippen molar-refractivity contribution in [2.24, 2.45) is 0 Å². The van der Waals surface area contributed by atoms with Gasteiger partial charge in [-0.2, -0.15) is 0 Å². The summed E-state index contributed by atoms with van der Waals surface area (Å²) >= 11 is 11.9. The Hall–Kier alpha value is -0.810. The molecule has 0 bridgehead atoms. The summed E-state index contributed by atoms with van der Waals surface area (Å²) < 4.78 is 5.22. The maximum absolute atomic E-state index is 11.5. The van der Waals surface area contributed by atoms with Crippen molar-refractivity contribution in [1.82, 2.24) is 5.32 Å². The average molecular weight is 304 g/mol. The Morgan fingerprint density at radius 3 is 2.63 bits per heavy atom. The van der Waals surface area contributed by atoms with Gasteiger partial charge in [-0.15, -0.1) is 0 Å².